The van der Waals surface area contributed by atoms with Crippen molar-refractivity contribution in [1.29, 1.82) is 0 Å². The standard InChI is InChI=1S/C12H19N5.CH4/c13-10-15-9(16-11(14)17-10)12-5-1-3-8(7-12)4-2-6-12;/h8H,1-7H2,(H4,13,14,15,16,17);1H4. The lowest BCUT2D eigenvalue weighted by molar-refractivity contribution is 0.141. The highest BCUT2D eigenvalue weighted by Gasteiger charge is 2.42. The van der Waals surface area contributed by atoms with Crippen LogP contribution >= 0.6 is 0 Å². The second-order valence-corrected chi connectivity index (χ2v) is 5.51. The predicted octanol–water partition coefficient (Wildman–Crippen LogP) is 2.28. The second-order valence-electron chi connectivity index (χ2n) is 5.51. The van der Waals surface area contributed by atoms with Gasteiger partial charge in [0.25, 0.3) is 0 Å². The zero-order valence-corrected chi connectivity index (χ0v) is 10.0. The summed E-state index contributed by atoms with van der Waals surface area (Å²) in [5, 5.41) is 0. The topological polar surface area (TPSA) is 90.7 Å². The van der Waals surface area contributed by atoms with Gasteiger partial charge < -0.3 is 11.5 Å². The third-order valence-electron chi connectivity index (χ3n) is 4.36. The fourth-order valence-electron chi connectivity index (χ4n) is 3.65. The van der Waals surface area contributed by atoms with Gasteiger partial charge in [0.15, 0.2) is 0 Å². The van der Waals surface area contributed by atoms with E-state index in [2.05, 4.69) is 15.0 Å². The smallest absolute Gasteiger partial charge is 0.225 e. The zero-order valence-electron chi connectivity index (χ0n) is 10.0. The predicted molar refractivity (Wildman–Crippen MR) is 72.9 cm³/mol. The minimum Gasteiger partial charge on any atom is -0.368 e. The molecule has 0 aliphatic heterocycles. The average Bonchev–Trinajstić information content (AvgIpc) is 2.28. The van der Waals surface area contributed by atoms with Crippen LogP contribution in [-0.2, 0) is 5.41 Å². The lowest BCUT2D eigenvalue weighted by Gasteiger charge is -2.44. The summed E-state index contributed by atoms with van der Waals surface area (Å²) in [7, 11) is 0. The molecule has 1 aromatic heterocycles. The van der Waals surface area contributed by atoms with Gasteiger partial charge >= 0.3 is 0 Å². The quantitative estimate of drug-likeness (QED) is 0.796. The molecule has 0 atom stereocenters. The molecule has 4 N–H and O–H groups in total. The van der Waals surface area contributed by atoms with E-state index in [1.165, 1.54) is 44.9 Å². The number of fused-ring (bicyclic) bond motifs is 2. The number of anilines is 2. The maximum atomic E-state index is 5.69. The molecule has 0 amide bonds. The molecule has 2 aliphatic rings. The van der Waals surface area contributed by atoms with Crippen LogP contribution in [0.25, 0.3) is 0 Å². The Bertz CT molecular complexity index is 401. The first kappa shape index (κ1) is 13.1. The van der Waals surface area contributed by atoms with Crippen LogP contribution in [0.1, 0.15) is 58.2 Å². The van der Waals surface area contributed by atoms with Gasteiger partial charge in [-0.25, -0.2) is 0 Å². The van der Waals surface area contributed by atoms with Gasteiger partial charge in [0.2, 0.25) is 11.9 Å². The van der Waals surface area contributed by atoms with Crippen molar-refractivity contribution in [2.45, 2.75) is 57.8 Å². The Morgan fingerprint density at radius 3 is 2.06 bits per heavy atom. The zero-order chi connectivity index (χ0) is 11.9. The first-order chi connectivity index (χ1) is 8.18. The van der Waals surface area contributed by atoms with Crippen LogP contribution in [0.5, 0.6) is 0 Å². The molecule has 0 radical (unpaired) electrons. The largest absolute Gasteiger partial charge is 0.368 e. The molecule has 3 rings (SSSR count). The fraction of sp³-hybridized carbons (Fsp3) is 0.769. The maximum Gasteiger partial charge on any atom is 0.225 e. The van der Waals surface area contributed by atoms with E-state index in [0.29, 0.717) is 0 Å². The third kappa shape index (κ3) is 2.13. The number of nitrogens with two attached hydrogens (primary N) is 2. The van der Waals surface area contributed by atoms with Crippen LogP contribution < -0.4 is 11.5 Å². The SMILES string of the molecule is C.Nc1nc(N)nc(C23CCCC(CCC2)C3)n1. The van der Waals surface area contributed by atoms with Gasteiger partial charge in [0.05, 0.1) is 0 Å². The van der Waals surface area contributed by atoms with E-state index in [1.807, 2.05) is 0 Å². The van der Waals surface area contributed by atoms with E-state index in [-0.39, 0.29) is 24.7 Å². The highest BCUT2D eigenvalue weighted by atomic mass is 15.1. The Balaban J connectivity index is 0.00000120. The van der Waals surface area contributed by atoms with Crippen molar-refractivity contribution in [2.75, 3.05) is 11.5 Å². The molecule has 5 nitrogen and oxygen atoms in total. The van der Waals surface area contributed by atoms with E-state index in [9.17, 15) is 0 Å². The van der Waals surface area contributed by atoms with Crippen LogP contribution in [0, 0.1) is 5.92 Å². The molecule has 0 saturated heterocycles. The van der Waals surface area contributed by atoms with Gasteiger partial charge in [-0.2, -0.15) is 15.0 Å². The van der Waals surface area contributed by atoms with E-state index in [4.69, 9.17) is 11.5 Å². The summed E-state index contributed by atoms with van der Waals surface area (Å²) >= 11 is 0. The van der Waals surface area contributed by atoms with Crippen LogP contribution in [0.15, 0.2) is 0 Å². The van der Waals surface area contributed by atoms with Crippen molar-refractivity contribution in [3.63, 3.8) is 0 Å². The van der Waals surface area contributed by atoms with Crippen molar-refractivity contribution in [3.8, 4) is 0 Å². The summed E-state index contributed by atoms with van der Waals surface area (Å²) in [5.41, 5.74) is 11.5. The Morgan fingerprint density at radius 1 is 0.944 bits per heavy atom. The van der Waals surface area contributed by atoms with Crippen molar-refractivity contribution in [1.82, 2.24) is 15.0 Å². The first-order valence-electron chi connectivity index (χ1n) is 6.45. The first-order valence-corrected chi connectivity index (χ1v) is 6.45. The molecule has 1 aromatic rings. The molecule has 2 saturated carbocycles. The van der Waals surface area contributed by atoms with Gasteiger partial charge in [-0.3, -0.25) is 0 Å². The van der Waals surface area contributed by atoms with E-state index in [0.717, 1.165) is 11.7 Å². The molecule has 5 heteroatoms. The lowest BCUT2D eigenvalue weighted by Crippen LogP contribution is -2.38. The van der Waals surface area contributed by atoms with Crippen molar-refractivity contribution in [2.24, 2.45) is 5.92 Å². The van der Waals surface area contributed by atoms with Gasteiger partial charge in [0.1, 0.15) is 5.82 Å². The summed E-state index contributed by atoms with van der Waals surface area (Å²) in [5.74, 6) is 2.20. The Hall–Kier alpha value is -1.39. The van der Waals surface area contributed by atoms with Crippen molar-refractivity contribution in [3.05, 3.63) is 5.82 Å². The lowest BCUT2D eigenvalue weighted by atomic mass is 9.61. The summed E-state index contributed by atoms with van der Waals surface area (Å²) < 4.78 is 0. The average molecular weight is 249 g/mol. The number of hydrogen-bond acceptors (Lipinski definition) is 5. The summed E-state index contributed by atoms with van der Waals surface area (Å²) in [4.78, 5) is 12.6. The normalized spacial score (nSPS) is 30.6. The molecule has 0 spiro atoms. The molecular weight excluding hydrogens is 226 g/mol. The van der Waals surface area contributed by atoms with Crippen LogP contribution in [0.3, 0.4) is 0 Å². The number of hydrogen-bond donors (Lipinski definition) is 2. The number of rotatable bonds is 1. The molecule has 1 heterocycles. The van der Waals surface area contributed by atoms with Gasteiger partial charge in [0, 0.05) is 5.41 Å². The van der Waals surface area contributed by atoms with Gasteiger partial charge in [-0.05, 0) is 25.2 Å². The molecule has 0 unspecified atom stereocenters. The minimum absolute atomic E-state index is 0. The molecule has 2 aliphatic carbocycles. The highest BCUT2D eigenvalue weighted by Crippen LogP contribution is 2.49. The van der Waals surface area contributed by atoms with E-state index in [1.54, 1.807) is 0 Å². The number of nitrogen functional groups attached to an aromatic ring is 2. The molecule has 2 fully saturated rings. The van der Waals surface area contributed by atoms with Crippen molar-refractivity contribution < 1.29 is 0 Å². The van der Waals surface area contributed by atoms with Crippen LogP contribution in [0.2, 0.25) is 0 Å². The number of nitrogens with zero attached hydrogens (tertiary/aromatic N) is 3. The highest BCUT2D eigenvalue weighted by molar-refractivity contribution is 5.29. The molecular formula is C13H23N5. The molecule has 0 aromatic carbocycles. The summed E-state index contributed by atoms with van der Waals surface area (Å²) in [6, 6.07) is 0. The van der Waals surface area contributed by atoms with Gasteiger partial charge in [-0.15, -0.1) is 0 Å². The molecule has 100 valence electrons. The Kier molecular flexibility index (Phi) is 3.41. The molecule has 2 bridgehead atoms. The third-order valence-corrected chi connectivity index (χ3v) is 4.36. The van der Waals surface area contributed by atoms with E-state index < -0.39 is 0 Å². The monoisotopic (exact) mass is 249 g/mol. The van der Waals surface area contributed by atoms with Gasteiger partial charge in [-0.1, -0.05) is 33.1 Å². The molecule has 18 heavy (non-hydrogen) atoms. The summed E-state index contributed by atoms with van der Waals surface area (Å²) in [6.45, 7) is 0. The second kappa shape index (κ2) is 4.71. The van der Waals surface area contributed by atoms with Crippen LogP contribution in [-0.4, -0.2) is 15.0 Å². The Labute approximate surface area is 108 Å². The summed E-state index contributed by atoms with van der Waals surface area (Å²) in [6.07, 6.45) is 8.82. The minimum atomic E-state index is 0. The van der Waals surface area contributed by atoms with Crippen LogP contribution in [0.4, 0.5) is 11.9 Å². The fourth-order valence-corrected chi connectivity index (χ4v) is 3.65. The van der Waals surface area contributed by atoms with E-state index >= 15 is 0 Å². The van der Waals surface area contributed by atoms with Crippen molar-refractivity contribution >= 4 is 11.9 Å². The Morgan fingerprint density at radius 2 is 1.50 bits per heavy atom. The number of aromatic nitrogens is 3. The maximum absolute atomic E-state index is 5.69.